The molecule has 0 saturated carbocycles. The number of halogens is 1. The second-order valence-corrected chi connectivity index (χ2v) is 6.74. The van der Waals surface area contributed by atoms with Crippen molar-refractivity contribution in [2.75, 3.05) is 25.0 Å². The van der Waals surface area contributed by atoms with Crippen LogP contribution in [0.2, 0.25) is 5.02 Å². The molecule has 1 fully saturated rings. The number of likely N-dealkylation sites (tertiary alicyclic amines) is 1. The number of ether oxygens (including phenoxy) is 2. The third-order valence-electron chi connectivity index (χ3n) is 3.17. The van der Waals surface area contributed by atoms with Gasteiger partial charge in [0.25, 0.3) is 0 Å². The van der Waals surface area contributed by atoms with Gasteiger partial charge < -0.3 is 19.7 Å². The van der Waals surface area contributed by atoms with Crippen molar-refractivity contribution in [1.82, 2.24) is 14.9 Å². The first-order chi connectivity index (χ1) is 10.8. The fourth-order valence-corrected chi connectivity index (χ4v) is 2.36. The van der Waals surface area contributed by atoms with Crippen LogP contribution in [0, 0.1) is 0 Å². The SMILES string of the molecule is CCOc1nc(N[C@@H]2CCN(C(=O)OC(C)(C)C)C2)ncc1Cl. The van der Waals surface area contributed by atoms with E-state index in [1.54, 1.807) is 4.90 Å². The summed E-state index contributed by atoms with van der Waals surface area (Å²) in [5.74, 6) is 0.794. The van der Waals surface area contributed by atoms with Crippen LogP contribution in [0.3, 0.4) is 0 Å². The number of carbonyl (C=O) groups is 1. The summed E-state index contributed by atoms with van der Waals surface area (Å²) in [6.45, 7) is 9.09. The van der Waals surface area contributed by atoms with Crippen molar-refractivity contribution in [1.29, 1.82) is 0 Å². The molecule has 128 valence electrons. The third kappa shape index (κ3) is 5.13. The summed E-state index contributed by atoms with van der Waals surface area (Å²) in [6.07, 6.45) is 2.01. The van der Waals surface area contributed by atoms with Gasteiger partial charge in [-0.15, -0.1) is 0 Å². The zero-order chi connectivity index (χ0) is 17.0. The Morgan fingerprint density at radius 1 is 1.52 bits per heavy atom. The Balaban J connectivity index is 1.93. The lowest BCUT2D eigenvalue weighted by Gasteiger charge is -2.24. The van der Waals surface area contributed by atoms with E-state index < -0.39 is 5.60 Å². The summed E-state index contributed by atoms with van der Waals surface area (Å²) in [5.41, 5.74) is -0.492. The molecule has 1 aromatic heterocycles. The van der Waals surface area contributed by atoms with E-state index in [9.17, 15) is 4.79 Å². The molecule has 23 heavy (non-hydrogen) atoms. The molecule has 8 heteroatoms. The number of rotatable bonds is 4. The van der Waals surface area contributed by atoms with Gasteiger partial charge in [0, 0.05) is 19.1 Å². The minimum atomic E-state index is -0.492. The molecule has 0 spiro atoms. The molecule has 1 aliphatic heterocycles. The van der Waals surface area contributed by atoms with Gasteiger partial charge in [-0.05, 0) is 34.1 Å². The monoisotopic (exact) mass is 342 g/mol. The fourth-order valence-electron chi connectivity index (χ4n) is 2.21. The number of anilines is 1. The molecule has 1 saturated heterocycles. The predicted molar refractivity (Wildman–Crippen MR) is 88.0 cm³/mol. The third-order valence-corrected chi connectivity index (χ3v) is 3.43. The quantitative estimate of drug-likeness (QED) is 0.906. The largest absolute Gasteiger partial charge is 0.477 e. The summed E-state index contributed by atoms with van der Waals surface area (Å²) in [4.78, 5) is 22.1. The van der Waals surface area contributed by atoms with Crippen LogP contribution in [0.4, 0.5) is 10.7 Å². The predicted octanol–water partition coefficient (Wildman–Crippen LogP) is 2.95. The molecule has 7 nitrogen and oxygen atoms in total. The lowest BCUT2D eigenvalue weighted by Crippen LogP contribution is -2.36. The van der Waals surface area contributed by atoms with Gasteiger partial charge in [0.2, 0.25) is 11.8 Å². The Bertz CT molecular complexity index is 562. The van der Waals surface area contributed by atoms with Gasteiger partial charge in [-0.3, -0.25) is 0 Å². The topological polar surface area (TPSA) is 76.6 Å². The van der Waals surface area contributed by atoms with Crippen LogP contribution >= 0.6 is 11.6 Å². The van der Waals surface area contributed by atoms with Gasteiger partial charge in [-0.1, -0.05) is 11.6 Å². The Morgan fingerprint density at radius 3 is 2.91 bits per heavy atom. The van der Waals surface area contributed by atoms with Gasteiger partial charge in [-0.25, -0.2) is 9.78 Å². The van der Waals surface area contributed by atoms with E-state index >= 15 is 0 Å². The Hall–Kier alpha value is -1.76. The number of nitrogens with one attached hydrogen (secondary N) is 1. The van der Waals surface area contributed by atoms with Crippen LogP contribution in [0.15, 0.2) is 6.20 Å². The summed E-state index contributed by atoms with van der Waals surface area (Å²) < 4.78 is 10.7. The zero-order valence-corrected chi connectivity index (χ0v) is 14.7. The lowest BCUT2D eigenvalue weighted by atomic mass is 10.2. The van der Waals surface area contributed by atoms with E-state index in [-0.39, 0.29) is 12.1 Å². The smallest absolute Gasteiger partial charge is 0.410 e. The first-order valence-electron chi connectivity index (χ1n) is 7.68. The van der Waals surface area contributed by atoms with Crippen molar-refractivity contribution in [2.24, 2.45) is 0 Å². The molecule has 2 rings (SSSR count). The molecule has 1 aliphatic rings. The van der Waals surface area contributed by atoms with Crippen molar-refractivity contribution < 1.29 is 14.3 Å². The van der Waals surface area contributed by atoms with Crippen LogP contribution in [0.1, 0.15) is 34.1 Å². The van der Waals surface area contributed by atoms with Gasteiger partial charge in [0.1, 0.15) is 10.6 Å². The second kappa shape index (κ2) is 7.21. The van der Waals surface area contributed by atoms with E-state index in [1.165, 1.54) is 6.20 Å². The number of carbonyl (C=O) groups excluding carboxylic acids is 1. The van der Waals surface area contributed by atoms with Crippen LogP contribution in [0.5, 0.6) is 5.88 Å². The highest BCUT2D eigenvalue weighted by molar-refractivity contribution is 6.31. The van der Waals surface area contributed by atoms with E-state index in [0.29, 0.717) is 36.5 Å². The van der Waals surface area contributed by atoms with Crippen LogP contribution in [-0.4, -0.2) is 52.3 Å². The maximum atomic E-state index is 12.1. The van der Waals surface area contributed by atoms with E-state index in [4.69, 9.17) is 21.1 Å². The molecular weight excluding hydrogens is 320 g/mol. The van der Waals surface area contributed by atoms with E-state index in [1.807, 2.05) is 27.7 Å². The molecule has 0 bridgehead atoms. The maximum absolute atomic E-state index is 12.1. The van der Waals surface area contributed by atoms with Gasteiger partial charge in [0.15, 0.2) is 0 Å². The molecule has 1 aromatic rings. The van der Waals surface area contributed by atoms with Gasteiger partial charge >= 0.3 is 6.09 Å². The fraction of sp³-hybridized carbons (Fsp3) is 0.667. The van der Waals surface area contributed by atoms with Crippen molar-refractivity contribution in [3.05, 3.63) is 11.2 Å². The van der Waals surface area contributed by atoms with Gasteiger partial charge in [-0.2, -0.15) is 4.98 Å². The van der Waals surface area contributed by atoms with Crippen molar-refractivity contribution in [3.63, 3.8) is 0 Å². The normalized spacial score (nSPS) is 18.0. The van der Waals surface area contributed by atoms with Crippen molar-refractivity contribution in [2.45, 2.75) is 45.8 Å². The first kappa shape index (κ1) is 17.6. The molecule has 1 N–H and O–H groups in total. The van der Waals surface area contributed by atoms with Crippen molar-refractivity contribution >= 4 is 23.6 Å². The highest BCUT2D eigenvalue weighted by Gasteiger charge is 2.30. The van der Waals surface area contributed by atoms with E-state index in [2.05, 4.69) is 15.3 Å². The molecule has 0 aliphatic carbocycles. The average Bonchev–Trinajstić information content (AvgIpc) is 2.90. The number of aromatic nitrogens is 2. The second-order valence-electron chi connectivity index (χ2n) is 6.34. The number of nitrogens with zero attached hydrogens (tertiary/aromatic N) is 3. The molecule has 0 unspecified atom stereocenters. The Morgan fingerprint density at radius 2 is 2.26 bits per heavy atom. The molecular formula is C15H23ClN4O3. The molecule has 1 atom stereocenters. The van der Waals surface area contributed by atoms with Crippen LogP contribution in [-0.2, 0) is 4.74 Å². The minimum absolute atomic E-state index is 0.0678. The summed E-state index contributed by atoms with van der Waals surface area (Å²) >= 11 is 5.97. The van der Waals surface area contributed by atoms with Crippen LogP contribution < -0.4 is 10.1 Å². The van der Waals surface area contributed by atoms with Gasteiger partial charge in [0.05, 0.1) is 12.8 Å². The minimum Gasteiger partial charge on any atom is -0.477 e. The number of amides is 1. The molecule has 1 amide bonds. The first-order valence-corrected chi connectivity index (χ1v) is 8.06. The highest BCUT2D eigenvalue weighted by Crippen LogP contribution is 2.23. The lowest BCUT2D eigenvalue weighted by molar-refractivity contribution is 0.0293. The summed E-state index contributed by atoms with van der Waals surface area (Å²) in [5, 5.41) is 3.58. The average molecular weight is 343 g/mol. The highest BCUT2D eigenvalue weighted by atomic mass is 35.5. The summed E-state index contributed by atoms with van der Waals surface area (Å²) in [7, 11) is 0. The standard InChI is InChI=1S/C15H23ClN4O3/c1-5-22-12-11(16)8-17-13(19-12)18-10-6-7-20(9-10)14(21)23-15(2,3)4/h8,10H,5-7,9H2,1-4H3,(H,17,18,19)/t10-/m1/s1. The number of hydrogen-bond donors (Lipinski definition) is 1. The van der Waals surface area contributed by atoms with Crippen molar-refractivity contribution in [3.8, 4) is 5.88 Å². The van der Waals surface area contributed by atoms with Crippen LogP contribution in [0.25, 0.3) is 0 Å². The Kier molecular flexibility index (Phi) is 5.51. The van der Waals surface area contributed by atoms with E-state index in [0.717, 1.165) is 6.42 Å². The number of hydrogen-bond acceptors (Lipinski definition) is 6. The maximum Gasteiger partial charge on any atom is 0.410 e. The zero-order valence-electron chi connectivity index (χ0n) is 13.9. The molecule has 0 radical (unpaired) electrons. The molecule has 0 aromatic carbocycles. The Labute approximate surface area is 141 Å². The molecule has 2 heterocycles. The summed E-state index contributed by atoms with van der Waals surface area (Å²) in [6, 6.07) is 0.0678.